The van der Waals surface area contributed by atoms with Gasteiger partial charge in [0.15, 0.2) is 0 Å². The second kappa shape index (κ2) is 2.88. The normalized spacial score (nSPS) is 27.6. The van der Waals surface area contributed by atoms with Gasteiger partial charge in [-0.1, -0.05) is 0 Å². The van der Waals surface area contributed by atoms with Crippen LogP contribution in [0.2, 0.25) is 0 Å². The Kier molecular flexibility index (Phi) is 1.84. The molecule has 13 heavy (non-hydrogen) atoms. The lowest BCUT2D eigenvalue weighted by Gasteiger charge is -2.21. The van der Waals surface area contributed by atoms with Crippen LogP contribution in [0.25, 0.3) is 0 Å². The molecule has 3 N–H and O–H groups in total. The summed E-state index contributed by atoms with van der Waals surface area (Å²) < 4.78 is 5.29. The summed E-state index contributed by atoms with van der Waals surface area (Å²) in [6, 6.07) is 3.68. The molecule has 1 atom stereocenters. The van der Waals surface area contributed by atoms with Crippen molar-refractivity contribution in [2.75, 3.05) is 13.1 Å². The molecule has 1 aliphatic rings. The van der Waals surface area contributed by atoms with Crippen LogP contribution in [0.15, 0.2) is 22.8 Å². The minimum Gasteiger partial charge on any atom is -0.469 e. The van der Waals surface area contributed by atoms with Crippen molar-refractivity contribution in [1.29, 1.82) is 0 Å². The van der Waals surface area contributed by atoms with Gasteiger partial charge < -0.3 is 15.5 Å². The van der Waals surface area contributed by atoms with Crippen LogP contribution >= 0.6 is 0 Å². The summed E-state index contributed by atoms with van der Waals surface area (Å²) in [7, 11) is 0. The first kappa shape index (κ1) is 8.31. The number of amides is 1. The number of nitrogens with two attached hydrogens (primary N) is 1. The summed E-state index contributed by atoms with van der Waals surface area (Å²) in [5.74, 6) is 0.843. The van der Waals surface area contributed by atoms with Gasteiger partial charge in [-0.2, -0.15) is 0 Å². The number of hydrogen-bond acceptors (Lipinski definition) is 3. The topological polar surface area (TPSA) is 68.3 Å². The lowest BCUT2D eigenvalue weighted by atomic mass is 9.84. The van der Waals surface area contributed by atoms with Crippen molar-refractivity contribution in [1.82, 2.24) is 5.32 Å². The number of furan rings is 1. The van der Waals surface area contributed by atoms with Gasteiger partial charge in [-0.25, -0.2) is 0 Å². The first-order valence-electron chi connectivity index (χ1n) is 4.28. The third-order valence-electron chi connectivity index (χ3n) is 2.56. The van der Waals surface area contributed by atoms with Crippen LogP contribution in [0, 0.1) is 0 Å². The summed E-state index contributed by atoms with van der Waals surface area (Å²) in [6.07, 6.45) is 2.03. The minimum atomic E-state index is -0.319. The van der Waals surface area contributed by atoms with Gasteiger partial charge in [0.05, 0.1) is 11.7 Å². The molecule has 0 aromatic carbocycles. The molecule has 4 nitrogen and oxygen atoms in total. The molecular formula is C9H12N2O2. The van der Waals surface area contributed by atoms with E-state index in [-0.39, 0.29) is 11.3 Å². The molecule has 0 radical (unpaired) electrons. The standard InChI is InChI=1S/C9H12N2O2/c10-5-9(4-8(12)11-6-9)7-2-1-3-13-7/h1-3H,4-6,10H2,(H,11,12). The maximum absolute atomic E-state index is 11.1. The summed E-state index contributed by atoms with van der Waals surface area (Å²) in [4.78, 5) is 11.1. The molecule has 0 spiro atoms. The Labute approximate surface area is 76.1 Å². The third-order valence-corrected chi connectivity index (χ3v) is 2.56. The number of rotatable bonds is 2. The zero-order valence-electron chi connectivity index (χ0n) is 7.25. The van der Waals surface area contributed by atoms with E-state index < -0.39 is 0 Å². The van der Waals surface area contributed by atoms with Crippen LogP contribution in [0.5, 0.6) is 0 Å². The van der Waals surface area contributed by atoms with Crippen LogP contribution in [-0.2, 0) is 10.2 Å². The Bertz CT molecular complexity index is 307. The van der Waals surface area contributed by atoms with Crippen LogP contribution < -0.4 is 11.1 Å². The number of carbonyl (C=O) groups is 1. The Morgan fingerprint density at radius 1 is 1.69 bits per heavy atom. The molecule has 1 amide bonds. The average molecular weight is 180 g/mol. The van der Waals surface area contributed by atoms with E-state index in [1.165, 1.54) is 0 Å². The van der Waals surface area contributed by atoms with Gasteiger partial charge in [0.1, 0.15) is 5.76 Å². The van der Waals surface area contributed by atoms with Crippen molar-refractivity contribution in [2.24, 2.45) is 5.73 Å². The predicted molar refractivity (Wildman–Crippen MR) is 47.1 cm³/mol. The fraction of sp³-hybridized carbons (Fsp3) is 0.444. The van der Waals surface area contributed by atoms with Gasteiger partial charge in [-0.3, -0.25) is 4.79 Å². The second-order valence-corrected chi connectivity index (χ2v) is 3.42. The second-order valence-electron chi connectivity index (χ2n) is 3.42. The molecule has 1 fully saturated rings. The van der Waals surface area contributed by atoms with Crippen LogP contribution in [0.4, 0.5) is 0 Å². The van der Waals surface area contributed by atoms with Crippen molar-refractivity contribution in [3.05, 3.63) is 24.2 Å². The summed E-state index contributed by atoms with van der Waals surface area (Å²) in [5.41, 5.74) is 5.35. The van der Waals surface area contributed by atoms with Gasteiger partial charge in [-0.05, 0) is 12.1 Å². The lowest BCUT2D eigenvalue weighted by molar-refractivity contribution is -0.119. The summed E-state index contributed by atoms with van der Waals surface area (Å²) in [6.45, 7) is 1.01. The monoisotopic (exact) mass is 180 g/mol. The van der Waals surface area contributed by atoms with Crippen LogP contribution in [0.1, 0.15) is 12.2 Å². The smallest absolute Gasteiger partial charge is 0.221 e. The van der Waals surface area contributed by atoms with Crippen molar-refractivity contribution >= 4 is 5.91 Å². The SMILES string of the molecule is NCC1(c2ccco2)CNC(=O)C1. The molecule has 1 saturated heterocycles. The molecule has 4 heteroatoms. The van der Waals surface area contributed by atoms with Gasteiger partial charge in [0, 0.05) is 19.5 Å². The van der Waals surface area contributed by atoms with E-state index in [4.69, 9.17) is 10.2 Å². The summed E-state index contributed by atoms with van der Waals surface area (Å²) in [5, 5.41) is 2.77. The lowest BCUT2D eigenvalue weighted by Crippen LogP contribution is -2.36. The highest BCUT2D eigenvalue weighted by molar-refractivity contribution is 5.80. The number of carbonyl (C=O) groups excluding carboxylic acids is 1. The molecule has 70 valence electrons. The summed E-state index contributed by atoms with van der Waals surface area (Å²) >= 11 is 0. The number of hydrogen-bond donors (Lipinski definition) is 2. The molecule has 1 aromatic heterocycles. The molecule has 2 rings (SSSR count). The van der Waals surface area contributed by atoms with Gasteiger partial charge >= 0.3 is 0 Å². The van der Waals surface area contributed by atoms with Gasteiger partial charge in [0.2, 0.25) is 5.91 Å². The van der Waals surface area contributed by atoms with E-state index in [0.29, 0.717) is 19.5 Å². The van der Waals surface area contributed by atoms with E-state index in [2.05, 4.69) is 5.32 Å². The fourth-order valence-electron chi connectivity index (χ4n) is 1.70. The highest BCUT2D eigenvalue weighted by Gasteiger charge is 2.41. The minimum absolute atomic E-state index is 0.0434. The molecule has 2 heterocycles. The zero-order chi connectivity index (χ0) is 9.31. The maximum Gasteiger partial charge on any atom is 0.221 e. The first-order valence-corrected chi connectivity index (χ1v) is 4.28. The Morgan fingerprint density at radius 2 is 2.54 bits per heavy atom. The van der Waals surface area contributed by atoms with Crippen LogP contribution in [-0.4, -0.2) is 19.0 Å². The van der Waals surface area contributed by atoms with Crippen molar-refractivity contribution in [3.8, 4) is 0 Å². The van der Waals surface area contributed by atoms with Crippen molar-refractivity contribution in [2.45, 2.75) is 11.8 Å². The van der Waals surface area contributed by atoms with Gasteiger partial charge in [-0.15, -0.1) is 0 Å². The third kappa shape index (κ3) is 1.23. The Morgan fingerprint density at radius 3 is 3.00 bits per heavy atom. The molecule has 1 aliphatic heterocycles. The first-order chi connectivity index (χ1) is 6.27. The molecule has 1 unspecified atom stereocenters. The fourth-order valence-corrected chi connectivity index (χ4v) is 1.70. The predicted octanol–water partition coefficient (Wildman–Crippen LogP) is -0.00400. The quantitative estimate of drug-likeness (QED) is 0.673. The number of nitrogens with one attached hydrogen (secondary N) is 1. The van der Waals surface area contributed by atoms with Crippen molar-refractivity contribution in [3.63, 3.8) is 0 Å². The van der Waals surface area contributed by atoms with E-state index in [0.717, 1.165) is 5.76 Å². The molecule has 0 bridgehead atoms. The molecule has 0 saturated carbocycles. The molecular weight excluding hydrogens is 168 g/mol. The van der Waals surface area contributed by atoms with Crippen LogP contribution in [0.3, 0.4) is 0 Å². The van der Waals surface area contributed by atoms with E-state index >= 15 is 0 Å². The largest absolute Gasteiger partial charge is 0.469 e. The zero-order valence-corrected chi connectivity index (χ0v) is 7.25. The van der Waals surface area contributed by atoms with Crippen molar-refractivity contribution < 1.29 is 9.21 Å². The highest BCUT2D eigenvalue weighted by atomic mass is 16.3. The van der Waals surface area contributed by atoms with Gasteiger partial charge in [0.25, 0.3) is 0 Å². The van der Waals surface area contributed by atoms with E-state index in [9.17, 15) is 4.79 Å². The average Bonchev–Trinajstić information content (AvgIpc) is 2.73. The Hall–Kier alpha value is -1.29. The molecule has 1 aromatic rings. The maximum atomic E-state index is 11.1. The molecule has 0 aliphatic carbocycles. The van der Waals surface area contributed by atoms with E-state index in [1.54, 1.807) is 6.26 Å². The Balaban J connectivity index is 2.31. The van der Waals surface area contributed by atoms with E-state index in [1.807, 2.05) is 12.1 Å². The highest BCUT2D eigenvalue weighted by Crippen LogP contribution is 2.30.